The first-order chi connectivity index (χ1) is 16.6. The highest BCUT2D eigenvalue weighted by atomic mass is 19.4. The third-order valence-electron chi connectivity index (χ3n) is 5.57. The standard InChI is InChI=1S/C23H20BF3N6O2/c1-13(31-21(35)22(6-7-22)33-20(34)14-9-28-12-29-10-14)18-5-3-16(11-30-18)32-19-4-2-15(24)8-17(19)23(25,26)27/h2-5,8-13,32H,6-7H2,1H3,(H,31,35)(H,33,34). The quantitative estimate of drug-likeness (QED) is 0.449. The van der Waals surface area contributed by atoms with Crippen molar-refractivity contribution in [3.8, 4) is 0 Å². The topological polar surface area (TPSA) is 109 Å². The van der Waals surface area contributed by atoms with Crippen molar-refractivity contribution in [2.45, 2.75) is 37.5 Å². The maximum atomic E-state index is 13.3. The summed E-state index contributed by atoms with van der Waals surface area (Å²) in [6, 6.07) is 6.13. The minimum atomic E-state index is -4.58. The Bertz CT molecular complexity index is 1230. The maximum absolute atomic E-state index is 13.3. The molecule has 4 rings (SSSR count). The van der Waals surface area contributed by atoms with E-state index in [0.29, 0.717) is 24.2 Å². The van der Waals surface area contributed by atoms with Crippen molar-refractivity contribution < 1.29 is 22.8 Å². The van der Waals surface area contributed by atoms with E-state index in [9.17, 15) is 22.8 Å². The van der Waals surface area contributed by atoms with Crippen LogP contribution in [-0.2, 0) is 11.0 Å². The summed E-state index contributed by atoms with van der Waals surface area (Å²) in [7, 11) is 5.50. The minimum absolute atomic E-state index is 0.00244. The molecule has 0 saturated heterocycles. The summed E-state index contributed by atoms with van der Waals surface area (Å²) in [6.45, 7) is 1.72. The lowest BCUT2D eigenvalue weighted by molar-refractivity contribution is -0.136. The fraction of sp³-hybridized carbons (Fsp3) is 0.261. The molecule has 1 unspecified atom stereocenters. The van der Waals surface area contributed by atoms with Crippen molar-refractivity contribution in [1.29, 1.82) is 0 Å². The number of benzene rings is 1. The summed E-state index contributed by atoms with van der Waals surface area (Å²) in [5.41, 5.74) is -0.971. The summed E-state index contributed by atoms with van der Waals surface area (Å²) in [5, 5.41) is 8.27. The lowest BCUT2D eigenvalue weighted by Crippen LogP contribution is -2.49. The maximum Gasteiger partial charge on any atom is 0.418 e. The van der Waals surface area contributed by atoms with Gasteiger partial charge in [-0.25, -0.2) is 9.97 Å². The number of pyridine rings is 1. The highest BCUT2D eigenvalue weighted by molar-refractivity contribution is 6.32. The predicted octanol–water partition coefficient (Wildman–Crippen LogP) is 2.57. The Kier molecular flexibility index (Phi) is 6.46. The van der Waals surface area contributed by atoms with Gasteiger partial charge in [-0.15, -0.1) is 0 Å². The van der Waals surface area contributed by atoms with Gasteiger partial charge in [0, 0.05) is 12.4 Å². The molecule has 1 aliphatic carbocycles. The molecule has 2 amide bonds. The molecule has 3 aromatic rings. The van der Waals surface area contributed by atoms with Gasteiger partial charge in [0.1, 0.15) is 19.7 Å². The van der Waals surface area contributed by atoms with Crippen LogP contribution in [0.15, 0.2) is 55.2 Å². The van der Waals surface area contributed by atoms with E-state index >= 15 is 0 Å². The van der Waals surface area contributed by atoms with Crippen molar-refractivity contribution in [1.82, 2.24) is 25.6 Å². The number of aromatic nitrogens is 3. The molecule has 1 saturated carbocycles. The lowest BCUT2D eigenvalue weighted by Gasteiger charge is -2.21. The summed E-state index contributed by atoms with van der Waals surface area (Å²) in [6.07, 6.45) is 1.80. The average molecular weight is 480 g/mol. The SMILES string of the molecule is [B]c1ccc(Nc2ccc(C(C)NC(=O)C3(NC(=O)c4cncnc4)CC3)nc2)c(C(F)(F)F)c1. The molecular formula is C23H20BF3N6O2. The minimum Gasteiger partial charge on any atom is -0.354 e. The van der Waals surface area contributed by atoms with E-state index < -0.39 is 29.2 Å². The smallest absolute Gasteiger partial charge is 0.354 e. The van der Waals surface area contributed by atoms with E-state index in [1.54, 1.807) is 19.1 Å². The van der Waals surface area contributed by atoms with Crippen molar-refractivity contribution in [2.75, 3.05) is 5.32 Å². The second-order valence-electron chi connectivity index (χ2n) is 8.26. The van der Waals surface area contributed by atoms with Crippen LogP contribution >= 0.6 is 0 Å². The molecule has 35 heavy (non-hydrogen) atoms. The molecule has 2 aromatic heterocycles. The number of hydrogen-bond acceptors (Lipinski definition) is 6. The molecule has 1 aromatic carbocycles. The highest BCUT2D eigenvalue weighted by Gasteiger charge is 2.51. The first kappa shape index (κ1) is 24.2. The number of carbonyl (C=O) groups excluding carboxylic acids is 2. The summed E-state index contributed by atoms with van der Waals surface area (Å²) in [5.74, 6) is -0.795. The van der Waals surface area contributed by atoms with Crippen LogP contribution in [0.4, 0.5) is 24.5 Å². The third-order valence-corrected chi connectivity index (χ3v) is 5.57. The second-order valence-corrected chi connectivity index (χ2v) is 8.26. The molecular weight excluding hydrogens is 460 g/mol. The first-order valence-corrected chi connectivity index (χ1v) is 10.7. The van der Waals surface area contributed by atoms with Crippen molar-refractivity contribution >= 4 is 36.5 Å². The van der Waals surface area contributed by atoms with Gasteiger partial charge in [-0.3, -0.25) is 14.6 Å². The molecule has 12 heteroatoms. The molecule has 8 nitrogen and oxygen atoms in total. The van der Waals surface area contributed by atoms with Crippen LogP contribution in [0.1, 0.15) is 47.4 Å². The fourth-order valence-electron chi connectivity index (χ4n) is 3.44. The largest absolute Gasteiger partial charge is 0.418 e. The van der Waals surface area contributed by atoms with Gasteiger partial charge in [0.25, 0.3) is 5.91 Å². The molecule has 1 aliphatic rings. The van der Waals surface area contributed by atoms with Crippen LogP contribution in [0.25, 0.3) is 0 Å². The zero-order valence-electron chi connectivity index (χ0n) is 18.6. The van der Waals surface area contributed by atoms with Gasteiger partial charge in [0.05, 0.1) is 40.4 Å². The first-order valence-electron chi connectivity index (χ1n) is 10.7. The number of halogens is 3. The molecule has 0 spiro atoms. The molecule has 3 N–H and O–H groups in total. The second kappa shape index (κ2) is 9.36. The third kappa shape index (κ3) is 5.59. The zero-order chi connectivity index (χ0) is 25.2. The predicted molar refractivity (Wildman–Crippen MR) is 122 cm³/mol. The fourth-order valence-corrected chi connectivity index (χ4v) is 3.44. The van der Waals surface area contributed by atoms with Gasteiger partial charge in [-0.2, -0.15) is 13.2 Å². The number of nitrogens with zero attached hydrogens (tertiary/aromatic N) is 3. The number of rotatable bonds is 7. The molecule has 178 valence electrons. The Balaban J connectivity index is 1.39. The van der Waals surface area contributed by atoms with Crippen molar-refractivity contribution in [3.05, 3.63) is 72.1 Å². The van der Waals surface area contributed by atoms with Crippen LogP contribution in [0.2, 0.25) is 0 Å². The van der Waals surface area contributed by atoms with Gasteiger partial charge in [0.15, 0.2) is 0 Å². The number of anilines is 2. The van der Waals surface area contributed by atoms with E-state index in [1.165, 1.54) is 37.1 Å². The van der Waals surface area contributed by atoms with Gasteiger partial charge in [0.2, 0.25) is 5.91 Å². The van der Waals surface area contributed by atoms with Crippen molar-refractivity contribution in [3.63, 3.8) is 0 Å². The number of hydrogen-bond donors (Lipinski definition) is 3. The molecule has 1 atom stereocenters. The summed E-state index contributed by atoms with van der Waals surface area (Å²) >= 11 is 0. The number of carbonyl (C=O) groups is 2. The molecule has 2 heterocycles. The van der Waals surface area contributed by atoms with E-state index in [1.807, 2.05) is 0 Å². The molecule has 0 bridgehead atoms. The van der Waals surface area contributed by atoms with E-state index in [-0.39, 0.29) is 22.6 Å². The van der Waals surface area contributed by atoms with Crippen LogP contribution in [-0.4, -0.2) is 40.2 Å². The van der Waals surface area contributed by atoms with Gasteiger partial charge in [-0.05, 0) is 38.0 Å². The van der Waals surface area contributed by atoms with E-state index in [2.05, 4.69) is 30.9 Å². The Morgan fingerprint density at radius 2 is 1.80 bits per heavy atom. The van der Waals surface area contributed by atoms with E-state index in [4.69, 9.17) is 7.85 Å². The van der Waals surface area contributed by atoms with Crippen LogP contribution in [0, 0.1) is 0 Å². The normalized spacial score (nSPS) is 15.1. The average Bonchev–Trinajstić information content (AvgIpc) is 3.61. The highest BCUT2D eigenvalue weighted by Crippen LogP contribution is 2.37. The Hall–Kier alpha value is -3.96. The molecule has 1 fully saturated rings. The number of alkyl halides is 3. The van der Waals surface area contributed by atoms with Crippen LogP contribution in [0.3, 0.4) is 0 Å². The lowest BCUT2D eigenvalue weighted by atomic mass is 9.93. The number of amides is 2. The van der Waals surface area contributed by atoms with E-state index in [0.717, 1.165) is 6.07 Å². The van der Waals surface area contributed by atoms with Crippen molar-refractivity contribution in [2.24, 2.45) is 0 Å². The van der Waals surface area contributed by atoms with Gasteiger partial charge < -0.3 is 16.0 Å². The zero-order valence-corrected chi connectivity index (χ0v) is 18.6. The molecule has 2 radical (unpaired) electrons. The van der Waals surface area contributed by atoms with Crippen LogP contribution in [0.5, 0.6) is 0 Å². The number of nitrogens with one attached hydrogen (secondary N) is 3. The molecule has 0 aliphatic heterocycles. The Morgan fingerprint density at radius 3 is 2.40 bits per heavy atom. The summed E-state index contributed by atoms with van der Waals surface area (Å²) in [4.78, 5) is 37.1. The van der Waals surface area contributed by atoms with Gasteiger partial charge in [-0.1, -0.05) is 17.6 Å². The van der Waals surface area contributed by atoms with Crippen LogP contribution < -0.4 is 21.4 Å². The Labute approximate surface area is 200 Å². The Morgan fingerprint density at radius 1 is 1.09 bits per heavy atom. The summed E-state index contributed by atoms with van der Waals surface area (Å²) < 4.78 is 39.9. The van der Waals surface area contributed by atoms with Gasteiger partial charge >= 0.3 is 6.18 Å². The monoisotopic (exact) mass is 480 g/mol.